The van der Waals surface area contributed by atoms with Gasteiger partial charge >= 0.3 is 23.9 Å². The molecule has 0 N–H and O–H groups in total. The van der Waals surface area contributed by atoms with Crippen LogP contribution in [-0.2, 0) is 38.1 Å². The molecule has 0 radical (unpaired) electrons. The van der Waals surface area contributed by atoms with Gasteiger partial charge in [-0.3, -0.25) is 0 Å². The number of thioether (sulfide) groups is 6. The summed E-state index contributed by atoms with van der Waals surface area (Å²) in [6.45, 7) is 4.14. The molecule has 0 aliphatic carbocycles. The molecule has 8 nitrogen and oxygen atoms in total. The van der Waals surface area contributed by atoms with Crippen LogP contribution in [-0.4, -0.2) is 52.3 Å². The molecule has 0 amide bonds. The molecule has 15 heteroatoms. The van der Waals surface area contributed by atoms with Gasteiger partial charge in [0, 0.05) is 15.3 Å². The molecule has 0 fully saturated rings. The Bertz CT molecular complexity index is 1450. The molecule has 0 spiro atoms. The third-order valence-electron chi connectivity index (χ3n) is 5.33. The number of ether oxygens (including phenoxy) is 4. The van der Waals surface area contributed by atoms with E-state index in [2.05, 4.69) is 13.8 Å². The number of carbonyl (C=O) groups excluding carboxylic acids is 4. The Morgan fingerprint density at radius 1 is 0.610 bits per heavy atom. The van der Waals surface area contributed by atoms with E-state index in [0.717, 1.165) is 28.0 Å². The monoisotopic (exact) mass is 686 g/mol. The Hall–Kier alpha value is -1.88. The standard InChI is InChI=1S/C26H22O8S7/c1-11-12(2)36-26(35-11)14(10-17-40-20(24(29)33-5)21(41-17)25(30)34-6)15-8-7-13(37-15)9-16-38-18(22(27)31-3)19(39-16)23(28)32-4/h7-10H,1-6H3. The number of hydrogen-bond donors (Lipinski definition) is 0. The van der Waals surface area contributed by atoms with Crippen LogP contribution in [0.1, 0.15) is 23.6 Å². The van der Waals surface area contributed by atoms with Gasteiger partial charge in [-0.15, -0.1) is 11.3 Å². The fraction of sp³-hybridized carbons (Fsp3) is 0.231. The minimum absolute atomic E-state index is 0.194. The van der Waals surface area contributed by atoms with Crippen molar-refractivity contribution in [2.24, 2.45) is 0 Å². The first-order valence-electron chi connectivity index (χ1n) is 11.4. The van der Waals surface area contributed by atoms with Crippen LogP contribution < -0.4 is 0 Å². The van der Waals surface area contributed by atoms with Gasteiger partial charge in [0.15, 0.2) is 0 Å². The van der Waals surface area contributed by atoms with Crippen molar-refractivity contribution in [2.75, 3.05) is 28.4 Å². The van der Waals surface area contributed by atoms with E-state index in [9.17, 15) is 19.2 Å². The van der Waals surface area contributed by atoms with Crippen LogP contribution in [0.15, 0.2) is 60.4 Å². The third-order valence-corrected chi connectivity index (χ3v) is 13.9. The second kappa shape index (κ2) is 14.1. The molecule has 4 rings (SSSR count). The summed E-state index contributed by atoms with van der Waals surface area (Å²) in [4.78, 5) is 54.3. The molecule has 3 aliphatic rings. The molecule has 41 heavy (non-hydrogen) atoms. The smallest absolute Gasteiger partial charge is 0.346 e. The zero-order chi connectivity index (χ0) is 29.8. The zero-order valence-corrected chi connectivity index (χ0v) is 28.1. The lowest BCUT2D eigenvalue weighted by molar-refractivity contribution is -0.138. The third kappa shape index (κ3) is 7.20. The lowest BCUT2D eigenvalue weighted by atomic mass is 10.2. The Morgan fingerprint density at radius 3 is 1.44 bits per heavy atom. The molecule has 0 atom stereocenters. The topological polar surface area (TPSA) is 105 Å². The number of hydrogen-bond acceptors (Lipinski definition) is 15. The number of thiophene rings is 1. The van der Waals surface area contributed by atoms with Gasteiger partial charge in [0.05, 0.1) is 41.2 Å². The molecular weight excluding hydrogens is 665 g/mol. The molecule has 1 aromatic heterocycles. The maximum Gasteiger partial charge on any atom is 0.346 e. The van der Waals surface area contributed by atoms with E-state index in [4.69, 9.17) is 18.9 Å². The van der Waals surface area contributed by atoms with Gasteiger partial charge in [0.2, 0.25) is 0 Å². The second-order valence-electron chi connectivity index (χ2n) is 7.84. The van der Waals surface area contributed by atoms with Crippen molar-refractivity contribution in [3.05, 3.63) is 70.1 Å². The zero-order valence-electron chi connectivity index (χ0n) is 22.4. The molecule has 1 aromatic rings. The van der Waals surface area contributed by atoms with Crippen molar-refractivity contribution in [1.29, 1.82) is 0 Å². The quantitative estimate of drug-likeness (QED) is 0.211. The predicted molar refractivity (Wildman–Crippen MR) is 173 cm³/mol. The molecule has 0 aromatic carbocycles. The van der Waals surface area contributed by atoms with E-state index in [0.29, 0.717) is 0 Å². The maximum atomic E-state index is 12.4. The molecule has 0 bridgehead atoms. The van der Waals surface area contributed by atoms with Crippen molar-refractivity contribution >= 4 is 117 Å². The van der Waals surface area contributed by atoms with Crippen LogP contribution in [0.2, 0.25) is 0 Å². The summed E-state index contributed by atoms with van der Waals surface area (Å²) in [7, 11) is 5.08. The van der Waals surface area contributed by atoms with E-state index < -0.39 is 23.9 Å². The molecule has 0 unspecified atom stereocenters. The van der Waals surface area contributed by atoms with E-state index in [1.165, 1.54) is 96.6 Å². The molecule has 216 valence electrons. The van der Waals surface area contributed by atoms with E-state index in [1.807, 2.05) is 24.3 Å². The number of carbonyl (C=O) groups is 4. The van der Waals surface area contributed by atoms with Crippen molar-refractivity contribution in [2.45, 2.75) is 13.8 Å². The van der Waals surface area contributed by atoms with Gasteiger partial charge in [0.1, 0.15) is 19.6 Å². The average molecular weight is 687 g/mol. The lowest BCUT2D eigenvalue weighted by Crippen LogP contribution is -2.08. The summed E-state index contributed by atoms with van der Waals surface area (Å²) < 4.78 is 22.0. The van der Waals surface area contributed by atoms with Crippen LogP contribution in [0.3, 0.4) is 0 Å². The summed E-state index contributed by atoms with van der Waals surface area (Å²) in [6, 6.07) is 3.96. The Labute approximate surface area is 266 Å². The molecule has 3 aliphatic heterocycles. The highest BCUT2D eigenvalue weighted by molar-refractivity contribution is 8.30. The first-order valence-corrected chi connectivity index (χ1v) is 17.2. The fourth-order valence-electron chi connectivity index (χ4n) is 3.25. The normalized spacial score (nSPS) is 16.9. The summed E-state index contributed by atoms with van der Waals surface area (Å²) in [5.41, 5.74) is 0.950. The van der Waals surface area contributed by atoms with E-state index >= 15 is 0 Å². The van der Waals surface area contributed by atoms with Crippen LogP contribution in [0.4, 0.5) is 0 Å². The average Bonchev–Trinajstić information content (AvgIpc) is 3.77. The van der Waals surface area contributed by atoms with Gasteiger partial charge < -0.3 is 18.9 Å². The van der Waals surface area contributed by atoms with E-state index in [-0.39, 0.29) is 19.6 Å². The maximum absolute atomic E-state index is 12.4. The predicted octanol–water partition coefficient (Wildman–Crippen LogP) is 7.36. The van der Waals surface area contributed by atoms with Crippen molar-refractivity contribution in [3.63, 3.8) is 0 Å². The van der Waals surface area contributed by atoms with Crippen molar-refractivity contribution < 1.29 is 38.1 Å². The van der Waals surface area contributed by atoms with Crippen LogP contribution in [0.5, 0.6) is 0 Å². The van der Waals surface area contributed by atoms with Crippen molar-refractivity contribution in [3.8, 4) is 0 Å². The Kier molecular flexibility index (Phi) is 11.0. The highest BCUT2D eigenvalue weighted by Gasteiger charge is 2.34. The number of esters is 4. The largest absolute Gasteiger partial charge is 0.465 e. The summed E-state index contributed by atoms with van der Waals surface area (Å²) >= 11 is 9.57. The van der Waals surface area contributed by atoms with Gasteiger partial charge in [-0.25, -0.2) is 19.2 Å². The SMILES string of the molecule is COC(=O)C1=C(C(=O)OC)SC(=CC(=C2SC(C)=C(C)S2)c2ccc(C=C3SC(C(=O)OC)=C(C(=O)OC)S3)s2)S1. The molecule has 0 saturated heterocycles. The van der Waals surface area contributed by atoms with Crippen LogP contribution in [0, 0.1) is 0 Å². The minimum atomic E-state index is -0.596. The number of rotatable bonds is 7. The Balaban J connectivity index is 1.67. The summed E-state index contributed by atoms with van der Waals surface area (Å²) in [5, 5.41) is 0. The number of allylic oxidation sites excluding steroid dienone is 4. The van der Waals surface area contributed by atoms with Gasteiger partial charge in [-0.1, -0.05) is 70.6 Å². The number of methoxy groups -OCH3 is 4. The second-order valence-corrected chi connectivity index (χ2v) is 16.4. The van der Waals surface area contributed by atoms with Gasteiger partial charge in [-0.2, -0.15) is 0 Å². The highest BCUT2D eigenvalue weighted by atomic mass is 32.2. The molecular formula is C26H22O8S7. The summed E-state index contributed by atoms with van der Waals surface area (Å²) in [6.07, 6.45) is 3.89. The highest BCUT2D eigenvalue weighted by Crippen LogP contribution is 2.56. The van der Waals surface area contributed by atoms with Crippen molar-refractivity contribution in [1.82, 2.24) is 0 Å². The summed E-state index contributed by atoms with van der Waals surface area (Å²) in [5.74, 6) is -2.38. The van der Waals surface area contributed by atoms with Crippen LogP contribution in [0.25, 0.3) is 11.6 Å². The first kappa shape index (κ1) is 32.0. The van der Waals surface area contributed by atoms with Gasteiger partial charge in [-0.05, 0) is 47.9 Å². The molecule has 0 saturated carbocycles. The van der Waals surface area contributed by atoms with E-state index in [1.54, 1.807) is 23.5 Å². The van der Waals surface area contributed by atoms with Gasteiger partial charge in [0.25, 0.3) is 0 Å². The van der Waals surface area contributed by atoms with Crippen LogP contribution >= 0.6 is 81.9 Å². The fourth-order valence-corrected chi connectivity index (χ4v) is 11.8. The minimum Gasteiger partial charge on any atom is -0.465 e. The molecule has 4 heterocycles. The Morgan fingerprint density at radius 2 is 1.02 bits per heavy atom. The first-order chi connectivity index (χ1) is 19.6. The lowest BCUT2D eigenvalue weighted by Gasteiger charge is -2.06.